The molecule has 0 spiro atoms. The number of H-pyrrole nitrogens is 1. The number of unbranched alkanes of at least 4 members (excludes halogenated alkanes) is 1. The smallest absolute Gasteiger partial charge is 0.316 e. The number of aromatic nitrogens is 2. The van der Waals surface area contributed by atoms with E-state index in [1.807, 2.05) is 64.1 Å². The molecule has 0 radical (unpaired) electrons. The van der Waals surface area contributed by atoms with Crippen molar-refractivity contribution < 1.29 is 33.4 Å². The SMILES string of the molecule is CCN(c1cc(-c2ccc(OCCCCOc3cc(C(C(=O)OC)C(C)C)on3)cc2)cc(C(O)NCc2c(C)cc(C)[nH]c2=O)c1C)C1CCOCC1. The van der Waals surface area contributed by atoms with Crippen molar-refractivity contribution in [2.45, 2.75) is 92.0 Å². The number of nitrogens with zero attached hydrogens (tertiary/aromatic N) is 2. The maximum Gasteiger partial charge on any atom is 0.316 e. The van der Waals surface area contributed by atoms with E-state index in [-0.39, 0.29) is 24.0 Å². The van der Waals surface area contributed by atoms with Gasteiger partial charge >= 0.3 is 5.97 Å². The molecule has 2 atom stereocenters. The van der Waals surface area contributed by atoms with E-state index < -0.39 is 12.1 Å². The lowest BCUT2D eigenvalue weighted by Crippen LogP contribution is -2.40. The van der Waals surface area contributed by atoms with Crippen LogP contribution >= 0.6 is 0 Å². The average Bonchev–Trinajstić information content (AvgIpc) is 3.61. The summed E-state index contributed by atoms with van der Waals surface area (Å²) in [7, 11) is 1.36. The van der Waals surface area contributed by atoms with Gasteiger partial charge in [0.25, 0.3) is 11.4 Å². The Balaban J connectivity index is 1.24. The van der Waals surface area contributed by atoms with E-state index >= 15 is 0 Å². The summed E-state index contributed by atoms with van der Waals surface area (Å²) in [6, 6.07) is 16.2. The highest BCUT2D eigenvalue weighted by Crippen LogP contribution is 2.36. The van der Waals surface area contributed by atoms with E-state index in [2.05, 4.69) is 40.3 Å². The minimum absolute atomic E-state index is 0.00620. The number of carbonyl (C=O) groups excluding carboxylic acids is 1. The summed E-state index contributed by atoms with van der Waals surface area (Å²) in [5.74, 6) is 0.622. The van der Waals surface area contributed by atoms with Crippen LogP contribution in [0.5, 0.6) is 11.6 Å². The molecular formula is C42H56N4O8. The lowest BCUT2D eigenvalue weighted by Gasteiger charge is -2.37. The maximum atomic E-state index is 12.7. The molecule has 2 aromatic heterocycles. The molecule has 54 heavy (non-hydrogen) atoms. The van der Waals surface area contributed by atoms with Crippen molar-refractivity contribution in [3.63, 3.8) is 0 Å². The molecule has 0 aliphatic carbocycles. The van der Waals surface area contributed by atoms with E-state index in [9.17, 15) is 14.7 Å². The third kappa shape index (κ3) is 10.1. The van der Waals surface area contributed by atoms with Crippen LogP contribution in [-0.2, 0) is 20.8 Å². The highest BCUT2D eigenvalue weighted by molar-refractivity contribution is 5.77. The first-order valence-electron chi connectivity index (χ1n) is 19.0. The number of benzene rings is 2. The fourth-order valence-corrected chi connectivity index (χ4v) is 7.15. The average molecular weight is 745 g/mol. The topological polar surface area (TPSA) is 148 Å². The van der Waals surface area contributed by atoms with Gasteiger partial charge in [0.1, 0.15) is 17.9 Å². The molecule has 1 saturated heterocycles. The van der Waals surface area contributed by atoms with E-state index in [4.69, 9.17) is 23.5 Å². The number of nitrogens with one attached hydrogen (secondary N) is 2. The van der Waals surface area contributed by atoms with Crippen molar-refractivity contribution in [1.82, 2.24) is 15.5 Å². The van der Waals surface area contributed by atoms with Gasteiger partial charge in [-0.15, -0.1) is 0 Å². The molecule has 2 unspecified atom stereocenters. The predicted molar refractivity (Wildman–Crippen MR) is 208 cm³/mol. The number of aliphatic hydroxyl groups excluding tert-OH is 1. The molecule has 1 fully saturated rings. The molecule has 3 N–H and O–H groups in total. The summed E-state index contributed by atoms with van der Waals surface area (Å²) < 4.78 is 27.7. The van der Waals surface area contributed by atoms with Gasteiger partial charge in [0, 0.05) is 60.9 Å². The van der Waals surface area contributed by atoms with Crippen LogP contribution in [0.2, 0.25) is 0 Å². The Morgan fingerprint density at radius 1 is 1.02 bits per heavy atom. The number of aromatic amines is 1. The lowest BCUT2D eigenvalue weighted by molar-refractivity contribution is -0.144. The van der Waals surface area contributed by atoms with Gasteiger partial charge in [-0.3, -0.25) is 14.9 Å². The minimum atomic E-state index is -0.994. The number of hydrogen-bond acceptors (Lipinski definition) is 11. The number of anilines is 1. The number of aryl methyl sites for hydroxylation is 2. The first-order valence-corrected chi connectivity index (χ1v) is 19.0. The van der Waals surface area contributed by atoms with Crippen molar-refractivity contribution in [3.05, 3.63) is 92.6 Å². The predicted octanol–water partition coefficient (Wildman–Crippen LogP) is 6.89. The highest BCUT2D eigenvalue weighted by Gasteiger charge is 2.30. The standard InChI is InChI=1S/C42H56N4O8/c1-8-46(32-15-19-51-20-16-32)36-23-31(22-34(29(36)6)40(47)43-25-35-27(4)21-28(5)44-41(35)48)30-11-13-33(14-12-30)52-17-9-10-18-53-38-24-37(54-45-38)39(26(2)3)42(49)50-7/h11-14,21-24,26,32,39-40,43,47H,8-10,15-20,25H2,1-7H3,(H,44,48). The number of aliphatic hydroxyl groups is 1. The number of ether oxygens (including phenoxy) is 4. The quantitative estimate of drug-likeness (QED) is 0.0556. The van der Waals surface area contributed by atoms with Crippen LogP contribution in [0.4, 0.5) is 5.69 Å². The van der Waals surface area contributed by atoms with Crippen LogP contribution in [0.1, 0.15) is 92.3 Å². The second-order valence-corrected chi connectivity index (χ2v) is 14.3. The Labute approximate surface area is 318 Å². The summed E-state index contributed by atoms with van der Waals surface area (Å²) in [5.41, 5.74) is 6.96. The molecule has 12 heteroatoms. The van der Waals surface area contributed by atoms with Crippen molar-refractivity contribution in [2.75, 3.05) is 45.0 Å². The Kier molecular flexibility index (Phi) is 14.3. The minimum Gasteiger partial charge on any atom is -0.494 e. The summed E-state index contributed by atoms with van der Waals surface area (Å²) in [4.78, 5) is 30.2. The normalized spacial score (nSPS) is 14.5. The third-order valence-electron chi connectivity index (χ3n) is 10.1. The molecule has 0 saturated carbocycles. The summed E-state index contributed by atoms with van der Waals surface area (Å²) in [5, 5.41) is 18.8. The van der Waals surface area contributed by atoms with Gasteiger partial charge in [0.15, 0.2) is 5.76 Å². The second-order valence-electron chi connectivity index (χ2n) is 14.3. The Morgan fingerprint density at radius 3 is 2.37 bits per heavy atom. The van der Waals surface area contributed by atoms with Gasteiger partial charge in [-0.25, -0.2) is 0 Å². The number of carbonyl (C=O) groups is 1. The Hall–Kier alpha value is -4.65. The first kappa shape index (κ1) is 40.5. The fourth-order valence-electron chi connectivity index (χ4n) is 7.15. The van der Waals surface area contributed by atoms with Gasteiger partial charge in [-0.05, 0) is 117 Å². The van der Waals surface area contributed by atoms with Crippen LogP contribution in [0.25, 0.3) is 11.1 Å². The molecule has 12 nitrogen and oxygen atoms in total. The number of hydrogen-bond donors (Lipinski definition) is 3. The van der Waals surface area contributed by atoms with Gasteiger partial charge < -0.3 is 38.5 Å². The van der Waals surface area contributed by atoms with E-state index in [0.29, 0.717) is 36.5 Å². The molecule has 292 valence electrons. The summed E-state index contributed by atoms with van der Waals surface area (Å²) >= 11 is 0. The lowest BCUT2D eigenvalue weighted by atomic mass is 9.93. The van der Waals surface area contributed by atoms with Crippen molar-refractivity contribution in [1.29, 1.82) is 0 Å². The molecule has 1 aliphatic rings. The van der Waals surface area contributed by atoms with Gasteiger partial charge in [-0.1, -0.05) is 26.0 Å². The fraction of sp³-hybridized carbons (Fsp3) is 0.500. The zero-order chi connectivity index (χ0) is 38.8. The molecule has 3 heterocycles. The largest absolute Gasteiger partial charge is 0.494 e. The molecule has 2 aromatic carbocycles. The van der Waals surface area contributed by atoms with Gasteiger partial charge in [0.2, 0.25) is 0 Å². The van der Waals surface area contributed by atoms with Crippen molar-refractivity contribution in [2.24, 2.45) is 5.92 Å². The third-order valence-corrected chi connectivity index (χ3v) is 10.1. The van der Waals surface area contributed by atoms with Gasteiger partial charge in [0.05, 0.1) is 20.3 Å². The molecule has 1 aliphatic heterocycles. The van der Waals surface area contributed by atoms with E-state index in [1.54, 1.807) is 6.07 Å². The highest BCUT2D eigenvalue weighted by atomic mass is 16.5. The van der Waals surface area contributed by atoms with E-state index in [1.165, 1.54) is 7.11 Å². The zero-order valence-electron chi connectivity index (χ0n) is 32.7. The monoisotopic (exact) mass is 744 g/mol. The Morgan fingerprint density at radius 2 is 1.72 bits per heavy atom. The number of rotatable bonds is 18. The Bertz CT molecular complexity index is 1880. The number of esters is 1. The molecule has 5 rings (SSSR count). The number of pyridine rings is 1. The molecule has 4 aromatic rings. The maximum absolute atomic E-state index is 12.7. The molecule has 0 amide bonds. The summed E-state index contributed by atoms with van der Waals surface area (Å²) in [6.07, 6.45) is 2.41. The first-order chi connectivity index (χ1) is 26.0. The van der Waals surface area contributed by atoms with Crippen LogP contribution in [0.15, 0.2) is 57.8 Å². The van der Waals surface area contributed by atoms with Crippen LogP contribution in [0, 0.1) is 26.7 Å². The molecular weight excluding hydrogens is 688 g/mol. The zero-order valence-corrected chi connectivity index (χ0v) is 32.7. The van der Waals surface area contributed by atoms with Crippen LogP contribution < -0.4 is 25.2 Å². The van der Waals surface area contributed by atoms with Gasteiger partial charge in [-0.2, -0.15) is 0 Å². The second kappa shape index (κ2) is 19.1. The van der Waals surface area contributed by atoms with Crippen LogP contribution in [-0.4, -0.2) is 67.3 Å². The summed E-state index contributed by atoms with van der Waals surface area (Å²) in [6.45, 7) is 15.3. The van der Waals surface area contributed by atoms with Crippen molar-refractivity contribution in [3.8, 4) is 22.8 Å². The van der Waals surface area contributed by atoms with Crippen molar-refractivity contribution >= 4 is 11.7 Å². The molecule has 0 bridgehead atoms. The van der Waals surface area contributed by atoms with E-state index in [0.717, 1.165) is 90.4 Å². The van der Waals surface area contributed by atoms with Crippen LogP contribution in [0.3, 0.4) is 0 Å². The number of methoxy groups -OCH3 is 1.